The minimum absolute atomic E-state index is 0.316. The minimum atomic E-state index is -3.20. The highest BCUT2D eigenvalue weighted by Gasteiger charge is 2.41. The Kier molecular flexibility index (Phi) is 3.72. The summed E-state index contributed by atoms with van der Waals surface area (Å²) in [5.74, 6) is 0. The third kappa shape index (κ3) is 2.49. The Hall–Kier alpha value is -0.630. The van der Waals surface area contributed by atoms with E-state index in [1.807, 2.05) is 6.07 Å². The standard InChI is InChI=1S/C11H17O3P/c1-4-14-15(13,11(2,3)12)10-8-6-5-7-9-10/h5-9,12H,4H2,1-3H3. The predicted molar refractivity (Wildman–Crippen MR) is 61.6 cm³/mol. The van der Waals surface area contributed by atoms with Gasteiger partial charge in [-0.1, -0.05) is 18.2 Å². The zero-order valence-electron chi connectivity index (χ0n) is 9.30. The second-order valence-electron chi connectivity index (χ2n) is 3.80. The van der Waals surface area contributed by atoms with E-state index in [-0.39, 0.29) is 0 Å². The predicted octanol–water partition coefficient (Wildman–Crippen LogP) is 2.35. The molecule has 0 fully saturated rings. The molecule has 84 valence electrons. The Bertz CT molecular complexity index is 354. The number of aliphatic hydroxyl groups is 1. The average Bonchev–Trinajstić information content (AvgIpc) is 2.18. The molecule has 15 heavy (non-hydrogen) atoms. The van der Waals surface area contributed by atoms with E-state index in [0.717, 1.165) is 0 Å². The second-order valence-corrected chi connectivity index (χ2v) is 6.77. The summed E-state index contributed by atoms with van der Waals surface area (Å²) >= 11 is 0. The zero-order valence-corrected chi connectivity index (χ0v) is 10.2. The van der Waals surface area contributed by atoms with Crippen molar-refractivity contribution >= 4 is 12.7 Å². The maximum Gasteiger partial charge on any atom is 0.262 e. The minimum Gasteiger partial charge on any atom is -0.380 e. The van der Waals surface area contributed by atoms with Gasteiger partial charge in [-0.25, -0.2) is 0 Å². The molecule has 1 aromatic carbocycles. The van der Waals surface area contributed by atoms with Gasteiger partial charge in [0.15, 0.2) is 0 Å². The van der Waals surface area contributed by atoms with Gasteiger partial charge in [-0.2, -0.15) is 0 Å². The third-order valence-electron chi connectivity index (χ3n) is 2.13. The van der Waals surface area contributed by atoms with E-state index >= 15 is 0 Å². The van der Waals surface area contributed by atoms with Gasteiger partial charge in [0.1, 0.15) is 5.34 Å². The van der Waals surface area contributed by atoms with Crippen molar-refractivity contribution in [3.63, 3.8) is 0 Å². The van der Waals surface area contributed by atoms with Crippen molar-refractivity contribution in [3.05, 3.63) is 30.3 Å². The van der Waals surface area contributed by atoms with E-state index < -0.39 is 12.7 Å². The molecule has 0 aliphatic carbocycles. The van der Waals surface area contributed by atoms with Crippen LogP contribution in [0.4, 0.5) is 0 Å². The molecule has 3 nitrogen and oxygen atoms in total. The van der Waals surface area contributed by atoms with Crippen LogP contribution < -0.4 is 5.30 Å². The number of benzene rings is 1. The molecule has 0 spiro atoms. The van der Waals surface area contributed by atoms with Crippen LogP contribution in [0.25, 0.3) is 0 Å². The highest BCUT2D eigenvalue weighted by Crippen LogP contribution is 2.56. The Balaban J connectivity index is 3.20. The summed E-state index contributed by atoms with van der Waals surface area (Å²) in [5, 5.41) is 9.13. The lowest BCUT2D eigenvalue weighted by atomic mass is 10.4. The summed E-state index contributed by atoms with van der Waals surface area (Å²) in [5.41, 5.74) is 0. The zero-order chi connectivity index (χ0) is 11.5. The first-order valence-corrected chi connectivity index (χ1v) is 6.57. The van der Waals surface area contributed by atoms with Crippen molar-refractivity contribution in [2.24, 2.45) is 0 Å². The summed E-state index contributed by atoms with van der Waals surface area (Å²) in [6.45, 7) is 5.10. The molecule has 0 bridgehead atoms. The van der Waals surface area contributed by atoms with E-state index in [4.69, 9.17) is 4.52 Å². The SMILES string of the molecule is CCOP(=O)(c1ccccc1)C(C)(C)O. The largest absolute Gasteiger partial charge is 0.380 e. The van der Waals surface area contributed by atoms with Crippen molar-refractivity contribution in [1.82, 2.24) is 0 Å². The molecule has 1 unspecified atom stereocenters. The van der Waals surface area contributed by atoms with Gasteiger partial charge in [0.05, 0.1) is 6.61 Å². The first-order chi connectivity index (χ1) is 6.92. The van der Waals surface area contributed by atoms with Crippen LogP contribution in [-0.4, -0.2) is 17.1 Å². The van der Waals surface area contributed by atoms with Crippen LogP contribution >= 0.6 is 7.37 Å². The van der Waals surface area contributed by atoms with Crippen LogP contribution in [0.1, 0.15) is 20.8 Å². The van der Waals surface area contributed by atoms with Crippen LogP contribution in [-0.2, 0) is 9.09 Å². The quantitative estimate of drug-likeness (QED) is 0.804. The molecule has 0 saturated heterocycles. The molecule has 1 N–H and O–H groups in total. The van der Waals surface area contributed by atoms with Crippen LogP contribution in [0.2, 0.25) is 0 Å². The molecule has 0 amide bonds. The van der Waals surface area contributed by atoms with Gasteiger partial charge in [0.2, 0.25) is 0 Å². The number of hydrogen-bond donors (Lipinski definition) is 1. The van der Waals surface area contributed by atoms with Gasteiger partial charge >= 0.3 is 0 Å². The lowest BCUT2D eigenvalue weighted by Gasteiger charge is -2.29. The molecule has 0 aliphatic heterocycles. The summed E-state index contributed by atoms with van der Waals surface area (Å²) in [6.07, 6.45) is 0. The van der Waals surface area contributed by atoms with Crippen molar-refractivity contribution in [3.8, 4) is 0 Å². The average molecular weight is 228 g/mol. The molecule has 0 aliphatic rings. The first-order valence-electron chi connectivity index (χ1n) is 4.94. The molecule has 0 aromatic heterocycles. The van der Waals surface area contributed by atoms with Crippen molar-refractivity contribution < 1.29 is 14.2 Å². The van der Waals surface area contributed by atoms with Gasteiger partial charge in [-0.3, -0.25) is 4.57 Å². The summed E-state index contributed by atoms with van der Waals surface area (Å²) in [6, 6.07) is 8.84. The fourth-order valence-corrected chi connectivity index (χ4v) is 3.38. The van der Waals surface area contributed by atoms with E-state index in [0.29, 0.717) is 11.9 Å². The number of hydrogen-bond acceptors (Lipinski definition) is 3. The maximum atomic E-state index is 12.6. The Labute approximate surface area is 90.5 Å². The topological polar surface area (TPSA) is 46.5 Å². The lowest BCUT2D eigenvalue weighted by molar-refractivity contribution is 0.140. The highest BCUT2D eigenvalue weighted by molar-refractivity contribution is 7.68. The van der Waals surface area contributed by atoms with Crippen LogP contribution in [0.3, 0.4) is 0 Å². The van der Waals surface area contributed by atoms with Crippen LogP contribution in [0, 0.1) is 0 Å². The monoisotopic (exact) mass is 228 g/mol. The molecule has 0 radical (unpaired) electrons. The smallest absolute Gasteiger partial charge is 0.262 e. The molecular formula is C11H17O3P. The first kappa shape index (κ1) is 12.4. The van der Waals surface area contributed by atoms with Crippen molar-refractivity contribution in [2.45, 2.75) is 26.1 Å². The fourth-order valence-electron chi connectivity index (χ4n) is 1.35. The summed E-state index contributed by atoms with van der Waals surface area (Å²) < 4.78 is 17.8. The van der Waals surface area contributed by atoms with Gasteiger partial charge in [0, 0.05) is 5.30 Å². The Morgan fingerprint density at radius 2 is 1.87 bits per heavy atom. The van der Waals surface area contributed by atoms with Gasteiger partial charge < -0.3 is 9.63 Å². The highest BCUT2D eigenvalue weighted by atomic mass is 31.2. The lowest BCUT2D eigenvalue weighted by Crippen LogP contribution is -2.27. The van der Waals surface area contributed by atoms with Crippen molar-refractivity contribution in [1.29, 1.82) is 0 Å². The molecule has 1 atom stereocenters. The molecule has 4 heteroatoms. The molecule has 0 saturated carbocycles. The van der Waals surface area contributed by atoms with Crippen LogP contribution in [0.15, 0.2) is 30.3 Å². The van der Waals surface area contributed by atoms with E-state index in [2.05, 4.69) is 0 Å². The van der Waals surface area contributed by atoms with Gasteiger partial charge in [-0.05, 0) is 32.9 Å². The van der Waals surface area contributed by atoms with E-state index in [9.17, 15) is 9.67 Å². The fraction of sp³-hybridized carbons (Fsp3) is 0.455. The normalized spacial score (nSPS) is 16.0. The van der Waals surface area contributed by atoms with Gasteiger partial charge in [-0.15, -0.1) is 0 Å². The number of rotatable bonds is 4. The summed E-state index contributed by atoms with van der Waals surface area (Å²) in [4.78, 5) is 0. The molecule has 0 heterocycles. The Morgan fingerprint density at radius 3 is 2.27 bits per heavy atom. The summed E-state index contributed by atoms with van der Waals surface area (Å²) in [7, 11) is -3.20. The molecular weight excluding hydrogens is 211 g/mol. The molecule has 1 rings (SSSR count). The van der Waals surface area contributed by atoms with E-state index in [1.165, 1.54) is 13.8 Å². The van der Waals surface area contributed by atoms with E-state index in [1.54, 1.807) is 31.2 Å². The third-order valence-corrected chi connectivity index (χ3v) is 5.17. The maximum absolute atomic E-state index is 12.6. The second kappa shape index (κ2) is 4.48. The van der Waals surface area contributed by atoms with Gasteiger partial charge in [0.25, 0.3) is 7.37 Å². The van der Waals surface area contributed by atoms with Crippen molar-refractivity contribution in [2.75, 3.05) is 6.61 Å². The van der Waals surface area contributed by atoms with Crippen LogP contribution in [0.5, 0.6) is 0 Å². The Morgan fingerprint density at radius 1 is 1.33 bits per heavy atom. The molecule has 1 aromatic rings.